The van der Waals surface area contributed by atoms with E-state index in [2.05, 4.69) is 5.32 Å². The Morgan fingerprint density at radius 2 is 1.88 bits per heavy atom. The van der Waals surface area contributed by atoms with E-state index >= 15 is 0 Å². The number of hydrogen-bond acceptors (Lipinski definition) is 4. The molecule has 0 heterocycles. The third-order valence-corrected chi connectivity index (χ3v) is 3.20. The lowest BCUT2D eigenvalue weighted by Crippen LogP contribution is -2.20. The summed E-state index contributed by atoms with van der Waals surface area (Å²) in [5, 5.41) is 2.77. The molecule has 0 aromatic heterocycles. The first-order valence-electron chi connectivity index (χ1n) is 7.48. The van der Waals surface area contributed by atoms with Gasteiger partial charge in [-0.1, -0.05) is 24.3 Å². The van der Waals surface area contributed by atoms with Crippen molar-refractivity contribution in [2.45, 2.75) is 19.4 Å². The molecule has 1 unspecified atom stereocenters. The van der Waals surface area contributed by atoms with Gasteiger partial charge in [-0.2, -0.15) is 0 Å². The number of methoxy groups -OCH3 is 1. The van der Waals surface area contributed by atoms with Gasteiger partial charge in [0.2, 0.25) is 0 Å². The topological polar surface area (TPSA) is 73.6 Å². The highest BCUT2D eigenvalue weighted by Gasteiger charge is 2.09. The fraction of sp³-hybridized carbons (Fsp3) is 0.278. The maximum atomic E-state index is 11.9. The molecule has 24 heavy (non-hydrogen) atoms. The van der Waals surface area contributed by atoms with E-state index in [4.69, 9.17) is 15.2 Å². The summed E-state index contributed by atoms with van der Waals surface area (Å²) in [5.74, 6) is 0.901. The van der Waals surface area contributed by atoms with Crippen LogP contribution < -0.4 is 20.5 Å². The maximum absolute atomic E-state index is 11.9. The van der Waals surface area contributed by atoms with Crippen molar-refractivity contribution < 1.29 is 14.3 Å². The highest BCUT2D eigenvalue weighted by molar-refractivity contribution is 5.91. The van der Waals surface area contributed by atoms with Gasteiger partial charge in [0, 0.05) is 11.7 Å². The summed E-state index contributed by atoms with van der Waals surface area (Å²) in [5.41, 5.74) is 7.60. The van der Waals surface area contributed by atoms with Crippen LogP contribution in [0.4, 0.5) is 5.69 Å². The molecular weight excluding hydrogens is 328 g/mol. The molecule has 2 aromatic carbocycles. The van der Waals surface area contributed by atoms with Crippen molar-refractivity contribution in [2.24, 2.45) is 5.73 Å². The predicted octanol–water partition coefficient (Wildman–Crippen LogP) is 3.02. The lowest BCUT2D eigenvalue weighted by atomic mass is 10.1. The van der Waals surface area contributed by atoms with Gasteiger partial charge in [-0.15, -0.1) is 12.4 Å². The van der Waals surface area contributed by atoms with Crippen LogP contribution in [0.5, 0.6) is 11.5 Å². The minimum atomic E-state index is -0.224. The molecule has 2 rings (SSSR count). The Morgan fingerprint density at radius 3 is 2.50 bits per heavy atom. The molecule has 0 fully saturated rings. The van der Waals surface area contributed by atoms with Gasteiger partial charge in [-0.3, -0.25) is 4.79 Å². The Labute approximate surface area is 148 Å². The Morgan fingerprint density at radius 1 is 1.17 bits per heavy atom. The van der Waals surface area contributed by atoms with E-state index in [1.807, 2.05) is 49.4 Å². The number of hydrogen-bond donors (Lipinski definition) is 2. The molecule has 0 spiro atoms. The number of nitrogens with two attached hydrogens (primary N) is 1. The van der Waals surface area contributed by atoms with Crippen molar-refractivity contribution in [3.63, 3.8) is 0 Å². The molecule has 0 radical (unpaired) electrons. The zero-order valence-electron chi connectivity index (χ0n) is 13.8. The number of carbonyl (C=O) groups is 1. The first kappa shape index (κ1) is 19.8. The van der Waals surface area contributed by atoms with Crippen LogP contribution in [0.25, 0.3) is 0 Å². The van der Waals surface area contributed by atoms with E-state index in [-0.39, 0.29) is 31.0 Å². The van der Waals surface area contributed by atoms with Crippen LogP contribution in [-0.4, -0.2) is 25.7 Å². The molecule has 0 saturated carbocycles. The second-order valence-electron chi connectivity index (χ2n) is 5.37. The Balaban J connectivity index is 0.00000288. The van der Waals surface area contributed by atoms with E-state index in [0.29, 0.717) is 11.5 Å². The van der Waals surface area contributed by atoms with Crippen molar-refractivity contribution in [2.75, 3.05) is 19.0 Å². The number of ether oxygens (including phenoxy) is 2. The fourth-order valence-corrected chi connectivity index (χ4v) is 2.19. The van der Waals surface area contributed by atoms with Crippen LogP contribution >= 0.6 is 12.4 Å². The molecule has 3 N–H and O–H groups in total. The lowest BCUT2D eigenvalue weighted by molar-refractivity contribution is -0.118. The highest BCUT2D eigenvalue weighted by atomic mass is 35.5. The standard InChI is InChI=1S/C18H22N2O3.ClH/c1-13(19)10-14-8-9-16(17(11-14)22-2)23-12-18(21)20-15-6-4-3-5-7-15;/h3-9,11,13H,10,12,19H2,1-2H3,(H,20,21);1H. The summed E-state index contributed by atoms with van der Waals surface area (Å²) in [4.78, 5) is 11.9. The van der Waals surface area contributed by atoms with Crippen LogP contribution in [0.15, 0.2) is 48.5 Å². The van der Waals surface area contributed by atoms with Crippen LogP contribution in [0, 0.1) is 0 Å². The third kappa shape index (κ3) is 6.10. The zero-order chi connectivity index (χ0) is 16.7. The molecule has 0 aliphatic rings. The molecule has 130 valence electrons. The Kier molecular flexibility index (Phi) is 8.09. The van der Waals surface area contributed by atoms with Gasteiger partial charge >= 0.3 is 0 Å². The van der Waals surface area contributed by atoms with Gasteiger partial charge in [0.05, 0.1) is 7.11 Å². The molecule has 1 atom stereocenters. The summed E-state index contributed by atoms with van der Waals surface area (Å²) in [6.45, 7) is 1.86. The fourth-order valence-electron chi connectivity index (χ4n) is 2.19. The van der Waals surface area contributed by atoms with Crippen molar-refractivity contribution in [3.05, 3.63) is 54.1 Å². The third-order valence-electron chi connectivity index (χ3n) is 3.20. The summed E-state index contributed by atoms with van der Waals surface area (Å²) in [6.07, 6.45) is 0.755. The molecule has 2 aromatic rings. The molecule has 0 aliphatic carbocycles. The summed E-state index contributed by atoms with van der Waals surface area (Å²) >= 11 is 0. The number of nitrogens with one attached hydrogen (secondary N) is 1. The van der Waals surface area contributed by atoms with Gasteiger partial charge in [-0.25, -0.2) is 0 Å². The number of halogens is 1. The van der Waals surface area contributed by atoms with Crippen LogP contribution in [0.1, 0.15) is 12.5 Å². The van der Waals surface area contributed by atoms with E-state index in [9.17, 15) is 4.79 Å². The second kappa shape index (κ2) is 9.80. The summed E-state index contributed by atoms with van der Waals surface area (Å²) in [7, 11) is 1.57. The molecule has 1 amide bonds. The highest BCUT2D eigenvalue weighted by Crippen LogP contribution is 2.28. The van der Waals surface area contributed by atoms with Gasteiger partial charge in [-0.05, 0) is 43.2 Å². The zero-order valence-corrected chi connectivity index (χ0v) is 14.6. The molecule has 0 aliphatic heterocycles. The number of carbonyl (C=O) groups excluding carboxylic acids is 1. The molecule has 0 saturated heterocycles. The van der Waals surface area contributed by atoms with Gasteiger partial charge in [0.1, 0.15) is 0 Å². The number of benzene rings is 2. The Hall–Kier alpha value is -2.24. The van der Waals surface area contributed by atoms with E-state index < -0.39 is 0 Å². The van der Waals surface area contributed by atoms with Gasteiger partial charge < -0.3 is 20.5 Å². The van der Waals surface area contributed by atoms with Gasteiger partial charge in [0.15, 0.2) is 18.1 Å². The molecule has 5 nitrogen and oxygen atoms in total. The average molecular weight is 351 g/mol. The predicted molar refractivity (Wildman–Crippen MR) is 98.2 cm³/mol. The second-order valence-corrected chi connectivity index (χ2v) is 5.37. The van der Waals surface area contributed by atoms with E-state index in [1.54, 1.807) is 13.2 Å². The number of para-hydroxylation sites is 1. The van der Waals surface area contributed by atoms with Crippen molar-refractivity contribution >= 4 is 24.0 Å². The lowest BCUT2D eigenvalue weighted by Gasteiger charge is -2.13. The number of anilines is 1. The van der Waals surface area contributed by atoms with Crippen LogP contribution in [0.2, 0.25) is 0 Å². The SMILES string of the molecule is COc1cc(CC(C)N)ccc1OCC(=O)Nc1ccccc1.Cl. The minimum Gasteiger partial charge on any atom is -0.493 e. The van der Waals surface area contributed by atoms with Crippen molar-refractivity contribution in [1.82, 2.24) is 0 Å². The number of amides is 1. The molecule has 6 heteroatoms. The molecular formula is C18H23ClN2O3. The first-order valence-corrected chi connectivity index (χ1v) is 7.48. The average Bonchev–Trinajstić information content (AvgIpc) is 2.54. The van der Waals surface area contributed by atoms with Crippen LogP contribution in [-0.2, 0) is 11.2 Å². The van der Waals surface area contributed by atoms with Crippen LogP contribution in [0.3, 0.4) is 0 Å². The summed E-state index contributed by atoms with van der Waals surface area (Å²) < 4.78 is 10.9. The van der Waals surface area contributed by atoms with Crippen molar-refractivity contribution in [1.29, 1.82) is 0 Å². The van der Waals surface area contributed by atoms with E-state index in [1.165, 1.54) is 0 Å². The number of rotatable bonds is 7. The summed E-state index contributed by atoms with van der Waals surface area (Å²) in [6, 6.07) is 14.9. The molecule has 0 bridgehead atoms. The smallest absolute Gasteiger partial charge is 0.262 e. The quantitative estimate of drug-likeness (QED) is 0.805. The first-order chi connectivity index (χ1) is 11.1. The minimum absolute atomic E-state index is 0. The normalized spacial score (nSPS) is 11.1. The largest absolute Gasteiger partial charge is 0.493 e. The van der Waals surface area contributed by atoms with Gasteiger partial charge in [0.25, 0.3) is 5.91 Å². The maximum Gasteiger partial charge on any atom is 0.262 e. The van der Waals surface area contributed by atoms with Crippen molar-refractivity contribution in [3.8, 4) is 11.5 Å². The Bertz CT molecular complexity index is 648. The monoisotopic (exact) mass is 350 g/mol. The van der Waals surface area contributed by atoms with E-state index in [0.717, 1.165) is 17.7 Å².